The number of halogens is 3. The van der Waals surface area contributed by atoms with E-state index >= 15 is 0 Å². The van der Waals surface area contributed by atoms with Crippen LogP contribution in [0.4, 0.5) is 0 Å². The first-order chi connectivity index (χ1) is 8.83. The summed E-state index contributed by atoms with van der Waals surface area (Å²) < 4.78 is 27.9. The highest BCUT2D eigenvalue weighted by Gasteiger charge is 2.23. The number of benzene rings is 1. The largest absolute Gasteiger partial charge is 0.219 e. The molecule has 0 bridgehead atoms. The van der Waals surface area contributed by atoms with Gasteiger partial charge in [-0.25, -0.2) is 8.42 Å². The van der Waals surface area contributed by atoms with Crippen molar-refractivity contribution in [2.24, 2.45) is 0 Å². The summed E-state index contributed by atoms with van der Waals surface area (Å²) in [7, 11) is -3.52. The van der Waals surface area contributed by atoms with Gasteiger partial charge in [-0.15, -0.1) is 0 Å². The summed E-state index contributed by atoms with van der Waals surface area (Å²) in [6.07, 6.45) is 0. The van der Waals surface area contributed by atoms with Crippen molar-refractivity contribution in [3.05, 3.63) is 31.1 Å². The molecule has 1 rings (SSSR count). The molecule has 0 aliphatic heterocycles. The van der Waals surface area contributed by atoms with E-state index in [2.05, 4.69) is 47.8 Å². The monoisotopic (exact) mass is 472 g/mol. The van der Waals surface area contributed by atoms with Gasteiger partial charge in [0, 0.05) is 20.0 Å². The Kier molecular flexibility index (Phi) is 6.47. The Morgan fingerprint density at radius 1 is 1.26 bits per heavy atom. The molecule has 0 saturated heterocycles. The van der Waals surface area contributed by atoms with Gasteiger partial charge in [-0.3, -0.25) is 0 Å². The zero-order valence-electron chi connectivity index (χ0n) is 10.0. The predicted octanol–water partition coefficient (Wildman–Crippen LogP) is 3.65. The molecule has 0 unspecified atom stereocenters. The molecule has 0 aliphatic carbocycles. The Morgan fingerprint density at radius 3 is 2.37 bits per heavy atom. The van der Waals surface area contributed by atoms with E-state index in [0.717, 1.165) is 8.78 Å². The molecule has 19 heavy (non-hydrogen) atoms. The molecule has 0 aliphatic rings. The second-order valence-electron chi connectivity index (χ2n) is 3.66. The van der Waals surface area contributed by atoms with E-state index in [0.29, 0.717) is 14.5 Å². The van der Waals surface area contributed by atoms with Gasteiger partial charge in [0.2, 0.25) is 10.0 Å². The molecule has 0 amide bonds. The minimum Gasteiger partial charge on any atom is -0.212 e. The van der Waals surface area contributed by atoms with Crippen LogP contribution in [0.3, 0.4) is 0 Å². The van der Waals surface area contributed by atoms with Gasteiger partial charge in [0.25, 0.3) is 0 Å². The minimum atomic E-state index is -3.52. The van der Waals surface area contributed by atoms with E-state index in [1.165, 1.54) is 0 Å². The Morgan fingerprint density at radius 2 is 1.84 bits per heavy atom. The first-order valence-electron chi connectivity index (χ1n) is 5.30. The number of rotatable bonds is 5. The second-order valence-corrected chi connectivity index (χ2v) is 8.13. The van der Waals surface area contributed by atoms with Crippen molar-refractivity contribution in [1.29, 1.82) is 5.26 Å². The van der Waals surface area contributed by atoms with Gasteiger partial charge < -0.3 is 0 Å². The number of hydrogen-bond donors (Lipinski definition) is 0. The Hall–Kier alpha value is 0.0600. The van der Waals surface area contributed by atoms with Gasteiger partial charge in [0.1, 0.15) is 6.54 Å². The lowest BCUT2D eigenvalue weighted by Gasteiger charge is -2.18. The van der Waals surface area contributed by atoms with Crippen molar-refractivity contribution >= 4 is 57.8 Å². The average Bonchev–Trinajstić information content (AvgIpc) is 2.36. The van der Waals surface area contributed by atoms with Crippen LogP contribution in [0.1, 0.15) is 12.5 Å². The Labute approximate surface area is 138 Å². The van der Waals surface area contributed by atoms with Crippen molar-refractivity contribution in [3.63, 3.8) is 0 Å². The van der Waals surface area contributed by atoms with E-state index in [1.807, 2.05) is 12.1 Å². The van der Waals surface area contributed by atoms with Gasteiger partial charge >= 0.3 is 0 Å². The fraction of sp³-hybridized carbons (Fsp3) is 0.364. The van der Waals surface area contributed by atoms with Crippen LogP contribution < -0.4 is 0 Å². The molecule has 0 fully saturated rings. The molecule has 0 aromatic heterocycles. The van der Waals surface area contributed by atoms with Crippen molar-refractivity contribution in [2.45, 2.75) is 12.7 Å². The molecule has 0 saturated carbocycles. The van der Waals surface area contributed by atoms with E-state index in [-0.39, 0.29) is 18.8 Å². The topological polar surface area (TPSA) is 61.2 Å². The van der Waals surface area contributed by atoms with Crippen molar-refractivity contribution in [2.75, 3.05) is 13.1 Å². The van der Waals surface area contributed by atoms with Crippen LogP contribution in [0, 0.1) is 11.3 Å². The third kappa shape index (κ3) is 4.26. The summed E-state index contributed by atoms with van der Waals surface area (Å²) in [6, 6.07) is 5.46. The molecule has 0 heterocycles. The predicted molar refractivity (Wildman–Crippen MR) is 85.0 cm³/mol. The molecular formula is C11H11Br3N2O2S. The summed E-state index contributed by atoms with van der Waals surface area (Å²) >= 11 is 10.1. The van der Waals surface area contributed by atoms with Gasteiger partial charge in [-0.2, -0.15) is 9.57 Å². The molecule has 1 aromatic rings. The summed E-state index contributed by atoms with van der Waals surface area (Å²) in [6.45, 7) is 1.85. The van der Waals surface area contributed by atoms with Crippen LogP contribution in [0.5, 0.6) is 0 Å². The molecule has 0 atom stereocenters. The fourth-order valence-corrected chi connectivity index (χ4v) is 4.92. The van der Waals surface area contributed by atoms with E-state index < -0.39 is 10.0 Å². The summed E-state index contributed by atoms with van der Waals surface area (Å²) in [5.74, 6) is -0.164. The number of nitriles is 1. The van der Waals surface area contributed by atoms with Crippen molar-refractivity contribution in [3.8, 4) is 6.07 Å². The van der Waals surface area contributed by atoms with Gasteiger partial charge in [-0.05, 0) is 49.6 Å². The third-order valence-corrected chi connectivity index (χ3v) is 7.13. The normalized spacial score (nSPS) is 11.6. The second kappa shape index (κ2) is 7.18. The molecule has 0 radical (unpaired) electrons. The lowest BCUT2D eigenvalue weighted by atomic mass is 10.2. The average molecular weight is 475 g/mol. The zero-order valence-corrected chi connectivity index (χ0v) is 15.6. The lowest BCUT2D eigenvalue weighted by Crippen LogP contribution is -2.32. The van der Waals surface area contributed by atoms with Crippen LogP contribution >= 0.6 is 47.8 Å². The molecular weight excluding hydrogens is 464 g/mol. The van der Waals surface area contributed by atoms with Gasteiger partial charge in [-0.1, -0.05) is 22.9 Å². The third-order valence-electron chi connectivity index (χ3n) is 2.46. The van der Waals surface area contributed by atoms with Crippen LogP contribution in [-0.4, -0.2) is 25.8 Å². The van der Waals surface area contributed by atoms with Gasteiger partial charge in [0.15, 0.2) is 0 Å². The molecule has 4 nitrogen and oxygen atoms in total. The maximum atomic E-state index is 12.3. The van der Waals surface area contributed by atoms with Crippen molar-refractivity contribution in [1.82, 2.24) is 4.31 Å². The SMILES string of the molecule is CCN(CC#N)S(=O)(=O)Cc1c(Br)ccc(Br)c1Br. The van der Waals surface area contributed by atoms with Crippen LogP contribution in [0.2, 0.25) is 0 Å². The summed E-state index contributed by atoms with van der Waals surface area (Å²) in [5, 5.41) is 8.67. The van der Waals surface area contributed by atoms with Crippen LogP contribution in [0.15, 0.2) is 25.6 Å². The molecule has 0 spiro atoms. The van der Waals surface area contributed by atoms with Crippen LogP contribution in [0.25, 0.3) is 0 Å². The Balaban J connectivity index is 3.16. The molecule has 0 N–H and O–H groups in total. The van der Waals surface area contributed by atoms with Crippen molar-refractivity contribution < 1.29 is 8.42 Å². The number of hydrogen-bond acceptors (Lipinski definition) is 3. The quantitative estimate of drug-likeness (QED) is 0.483. The zero-order chi connectivity index (χ0) is 14.6. The standard InChI is InChI=1S/C11H11Br3N2O2S/c1-2-16(6-5-15)19(17,18)7-8-9(12)3-4-10(13)11(8)14/h3-4H,2,6-7H2,1H3. The minimum absolute atomic E-state index is 0.137. The Bertz CT molecular complexity index is 611. The summed E-state index contributed by atoms with van der Waals surface area (Å²) in [4.78, 5) is 0. The fourth-order valence-electron chi connectivity index (χ4n) is 1.46. The van der Waals surface area contributed by atoms with E-state index in [9.17, 15) is 8.42 Å². The molecule has 104 valence electrons. The first kappa shape index (κ1) is 17.1. The molecule has 8 heteroatoms. The smallest absolute Gasteiger partial charge is 0.212 e. The van der Waals surface area contributed by atoms with Crippen LogP contribution in [-0.2, 0) is 15.8 Å². The molecule has 1 aromatic carbocycles. The van der Waals surface area contributed by atoms with E-state index in [1.54, 1.807) is 13.0 Å². The maximum absolute atomic E-state index is 12.3. The highest BCUT2D eigenvalue weighted by Crippen LogP contribution is 2.33. The maximum Gasteiger partial charge on any atom is 0.219 e. The number of nitrogens with zero attached hydrogens (tertiary/aromatic N) is 2. The first-order valence-corrected chi connectivity index (χ1v) is 9.29. The van der Waals surface area contributed by atoms with E-state index in [4.69, 9.17) is 5.26 Å². The number of sulfonamides is 1. The highest BCUT2D eigenvalue weighted by molar-refractivity contribution is 9.13. The highest BCUT2D eigenvalue weighted by atomic mass is 79.9. The van der Waals surface area contributed by atoms with Gasteiger partial charge in [0.05, 0.1) is 11.8 Å². The lowest BCUT2D eigenvalue weighted by molar-refractivity contribution is 0.461. The summed E-state index contributed by atoms with van der Waals surface area (Å²) in [5.41, 5.74) is 0.630.